The first-order chi connectivity index (χ1) is 9.15. The minimum atomic E-state index is 0.102. The van der Waals surface area contributed by atoms with Crippen LogP contribution in [0.4, 0.5) is 0 Å². The summed E-state index contributed by atoms with van der Waals surface area (Å²) in [6, 6.07) is 10.1. The Bertz CT molecular complexity index is 627. The summed E-state index contributed by atoms with van der Waals surface area (Å²) in [6.07, 6.45) is 2.74. The summed E-state index contributed by atoms with van der Waals surface area (Å²) in [5.41, 5.74) is 4.28. The van der Waals surface area contributed by atoms with E-state index in [1.165, 1.54) is 5.56 Å². The molecule has 98 valence electrons. The molecule has 1 aliphatic rings. The highest BCUT2D eigenvalue weighted by atomic mass is 16.1. The smallest absolute Gasteiger partial charge is 0.166 e. The van der Waals surface area contributed by atoms with Crippen molar-refractivity contribution < 1.29 is 4.79 Å². The summed E-state index contributed by atoms with van der Waals surface area (Å²) in [4.78, 5) is 12.5. The van der Waals surface area contributed by atoms with Crippen LogP contribution < -0.4 is 0 Å². The van der Waals surface area contributed by atoms with Gasteiger partial charge in [0.25, 0.3) is 0 Å². The number of hydrogen-bond donors (Lipinski definition) is 0. The van der Waals surface area contributed by atoms with Crippen LogP contribution in [-0.2, 0) is 19.9 Å². The fourth-order valence-corrected chi connectivity index (χ4v) is 2.96. The molecule has 0 aliphatic heterocycles. The summed E-state index contributed by atoms with van der Waals surface area (Å²) >= 11 is 0. The van der Waals surface area contributed by atoms with E-state index >= 15 is 0 Å². The van der Waals surface area contributed by atoms with Crippen LogP contribution in [0, 0.1) is 12.8 Å². The van der Waals surface area contributed by atoms with Gasteiger partial charge in [0, 0.05) is 24.2 Å². The Morgan fingerprint density at radius 2 is 2.16 bits per heavy atom. The fourth-order valence-electron chi connectivity index (χ4n) is 2.96. The molecule has 3 heteroatoms. The van der Waals surface area contributed by atoms with E-state index in [2.05, 4.69) is 17.2 Å². The Morgan fingerprint density at radius 3 is 2.89 bits per heavy atom. The van der Waals surface area contributed by atoms with Crippen LogP contribution >= 0.6 is 0 Å². The molecule has 1 aliphatic carbocycles. The summed E-state index contributed by atoms with van der Waals surface area (Å²) in [5.74, 6) is 0.394. The number of carbonyl (C=O) groups excluding carboxylic acids is 1. The Hall–Kier alpha value is -1.90. The molecular weight excluding hydrogens is 236 g/mol. The first-order valence-electron chi connectivity index (χ1n) is 6.77. The minimum absolute atomic E-state index is 0.102. The molecule has 3 rings (SSSR count). The van der Waals surface area contributed by atoms with E-state index in [-0.39, 0.29) is 5.92 Å². The first kappa shape index (κ1) is 12.2. The van der Waals surface area contributed by atoms with Crippen LogP contribution in [0.15, 0.2) is 30.3 Å². The zero-order chi connectivity index (χ0) is 13.4. The van der Waals surface area contributed by atoms with Crippen LogP contribution in [0.5, 0.6) is 0 Å². The highest BCUT2D eigenvalue weighted by molar-refractivity contribution is 6.00. The van der Waals surface area contributed by atoms with E-state index in [0.29, 0.717) is 5.78 Å². The van der Waals surface area contributed by atoms with Crippen molar-refractivity contribution in [2.24, 2.45) is 13.0 Å². The third kappa shape index (κ3) is 2.21. The van der Waals surface area contributed by atoms with E-state index in [9.17, 15) is 4.79 Å². The summed E-state index contributed by atoms with van der Waals surface area (Å²) in [6.45, 7) is 1.99. The molecule has 3 nitrogen and oxygen atoms in total. The average molecular weight is 254 g/mol. The summed E-state index contributed by atoms with van der Waals surface area (Å²) in [5, 5.41) is 4.35. The first-order valence-corrected chi connectivity index (χ1v) is 6.77. The van der Waals surface area contributed by atoms with E-state index in [0.717, 1.165) is 36.2 Å². The van der Waals surface area contributed by atoms with Crippen LogP contribution in [0.1, 0.15) is 33.7 Å². The summed E-state index contributed by atoms with van der Waals surface area (Å²) in [7, 11) is 1.95. The van der Waals surface area contributed by atoms with Gasteiger partial charge in [-0.15, -0.1) is 0 Å². The highest BCUT2D eigenvalue weighted by Gasteiger charge is 2.27. The molecule has 1 unspecified atom stereocenters. The molecule has 0 radical (unpaired) electrons. The third-order valence-corrected chi connectivity index (χ3v) is 3.97. The Morgan fingerprint density at radius 1 is 1.37 bits per heavy atom. The van der Waals surface area contributed by atoms with Gasteiger partial charge in [-0.3, -0.25) is 9.48 Å². The number of aromatic nitrogens is 2. The Labute approximate surface area is 113 Å². The zero-order valence-electron chi connectivity index (χ0n) is 11.4. The second-order valence-electron chi connectivity index (χ2n) is 5.36. The van der Waals surface area contributed by atoms with Gasteiger partial charge in [-0.1, -0.05) is 24.3 Å². The molecule has 1 heterocycles. The molecule has 1 aromatic heterocycles. The van der Waals surface area contributed by atoms with Gasteiger partial charge >= 0.3 is 0 Å². The van der Waals surface area contributed by atoms with Gasteiger partial charge in [-0.2, -0.15) is 5.10 Å². The molecular formula is C16H18N2O. The lowest BCUT2D eigenvalue weighted by atomic mass is 9.80. The second kappa shape index (κ2) is 4.65. The molecule has 0 spiro atoms. The lowest BCUT2D eigenvalue weighted by Crippen LogP contribution is -2.25. The molecule has 2 aromatic rings. The molecule has 0 amide bonds. The van der Waals surface area contributed by atoms with E-state index < -0.39 is 0 Å². The van der Waals surface area contributed by atoms with Gasteiger partial charge < -0.3 is 0 Å². The van der Waals surface area contributed by atoms with Gasteiger partial charge in [0.15, 0.2) is 5.78 Å². The SMILES string of the molecule is Cc1cc(CC2CCc3ccccc3C2=O)n(C)n1. The maximum Gasteiger partial charge on any atom is 0.166 e. The van der Waals surface area contributed by atoms with Crippen molar-refractivity contribution in [3.63, 3.8) is 0 Å². The normalized spacial score (nSPS) is 18.4. The van der Waals surface area contributed by atoms with Crippen molar-refractivity contribution in [1.82, 2.24) is 9.78 Å². The molecule has 1 atom stereocenters. The predicted molar refractivity (Wildman–Crippen MR) is 74.2 cm³/mol. The molecule has 0 N–H and O–H groups in total. The van der Waals surface area contributed by atoms with Crippen LogP contribution in [0.3, 0.4) is 0 Å². The second-order valence-corrected chi connectivity index (χ2v) is 5.36. The van der Waals surface area contributed by atoms with Crippen molar-refractivity contribution in [1.29, 1.82) is 0 Å². The molecule has 0 saturated carbocycles. The quantitative estimate of drug-likeness (QED) is 0.826. The highest BCUT2D eigenvalue weighted by Crippen LogP contribution is 2.27. The third-order valence-electron chi connectivity index (χ3n) is 3.97. The van der Waals surface area contributed by atoms with Crippen molar-refractivity contribution in [2.45, 2.75) is 26.2 Å². The van der Waals surface area contributed by atoms with Crippen molar-refractivity contribution >= 4 is 5.78 Å². The standard InChI is InChI=1S/C16H18N2O/c1-11-9-14(18(2)17-11)10-13-8-7-12-5-3-4-6-15(12)16(13)19/h3-6,9,13H,7-8,10H2,1-2H3. The molecule has 0 bridgehead atoms. The molecule has 19 heavy (non-hydrogen) atoms. The van der Waals surface area contributed by atoms with Gasteiger partial charge in [-0.25, -0.2) is 0 Å². The molecule has 0 saturated heterocycles. The maximum absolute atomic E-state index is 12.5. The monoisotopic (exact) mass is 254 g/mol. The number of hydrogen-bond acceptors (Lipinski definition) is 2. The summed E-state index contributed by atoms with van der Waals surface area (Å²) < 4.78 is 1.89. The number of nitrogens with zero attached hydrogens (tertiary/aromatic N) is 2. The number of fused-ring (bicyclic) bond motifs is 1. The van der Waals surface area contributed by atoms with Crippen LogP contribution in [0.25, 0.3) is 0 Å². The van der Waals surface area contributed by atoms with Gasteiger partial charge in [0.05, 0.1) is 5.69 Å². The largest absolute Gasteiger partial charge is 0.294 e. The lowest BCUT2D eigenvalue weighted by Gasteiger charge is -2.23. The maximum atomic E-state index is 12.5. The topological polar surface area (TPSA) is 34.9 Å². The predicted octanol–water partition coefficient (Wildman–Crippen LogP) is 2.72. The number of Topliss-reactive ketones (excluding diaryl/α,β-unsaturated/α-hetero) is 1. The minimum Gasteiger partial charge on any atom is -0.294 e. The lowest BCUT2D eigenvalue weighted by molar-refractivity contribution is 0.0900. The van der Waals surface area contributed by atoms with Crippen molar-refractivity contribution in [3.05, 3.63) is 52.8 Å². The van der Waals surface area contributed by atoms with Crippen LogP contribution in [-0.4, -0.2) is 15.6 Å². The van der Waals surface area contributed by atoms with E-state index in [4.69, 9.17) is 0 Å². The zero-order valence-corrected chi connectivity index (χ0v) is 11.4. The Balaban J connectivity index is 1.85. The molecule has 1 aromatic carbocycles. The number of carbonyl (C=O) groups is 1. The van der Waals surface area contributed by atoms with Gasteiger partial charge in [-0.05, 0) is 37.8 Å². The Kier molecular flexibility index (Phi) is 2.97. The number of rotatable bonds is 2. The van der Waals surface area contributed by atoms with Crippen molar-refractivity contribution in [2.75, 3.05) is 0 Å². The number of ketones is 1. The van der Waals surface area contributed by atoms with E-state index in [1.54, 1.807) is 0 Å². The van der Waals surface area contributed by atoms with Gasteiger partial charge in [0.2, 0.25) is 0 Å². The fraction of sp³-hybridized carbons (Fsp3) is 0.375. The number of aryl methyl sites for hydroxylation is 3. The van der Waals surface area contributed by atoms with E-state index in [1.807, 2.05) is 36.9 Å². The number of benzene rings is 1. The van der Waals surface area contributed by atoms with Crippen molar-refractivity contribution in [3.8, 4) is 0 Å². The average Bonchev–Trinajstić information content (AvgIpc) is 2.72. The van der Waals surface area contributed by atoms with Crippen LogP contribution in [0.2, 0.25) is 0 Å². The molecule has 0 fully saturated rings. The van der Waals surface area contributed by atoms with Gasteiger partial charge in [0.1, 0.15) is 0 Å².